The molecule has 6 amide bonds. The standard InChI is InChI=1S/C51H72N6O15/c1-28(58)52-19-13-16-34-37(25-40(64-4)46(70-10)43(34)67-7)49(61)55-31-22-32(56-50(62)38-26-41(65-5)47(71-11)44(68-8)35(38)17-14-20-53-29(2)59)24-33(23-31)57-51(63)39-27-42(66-6)48(72-12)45(69-9)36(39)18-15-21-54-30(3)60/h25-27,31-33H,13-24H2,1-12H3,(H,52,58)(H,53,59)(H,54,60)(H,55,61)(H,56,62)(H,57,63). The number of nitrogens with one attached hydrogen (secondary N) is 6. The van der Waals surface area contributed by atoms with E-state index in [-0.39, 0.29) is 88.2 Å². The SMILES string of the molecule is COc1cc(C(=O)NC2CC(NC(=O)c3cc(OC)c(OC)c(OC)c3CCCNC(C)=O)CC(NC(=O)c3cc(OC)c(OC)c(OC)c3CCCNC(C)=O)C2)c(CCCNC(C)=O)c(OC)c1OC. The van der Waals surface area contributed by atoms with Crippen LogP contribution in [0.4, 0.5) is 0 Å². The number of carbonyl (C=O) groups excluding carboxylic acids is 6. The molecule has 0 saturated heterocycles. The normalized spacial score (nSPS) is 14.9. The Balaban J connectivity index is 1.82. The molecule has 396 valence electrons. The van der Waals surface area contributed by atoms with Gasteiger partial charge in [-0.25, -0.2) is 0 Å². The number of benzene rings is 3. The Hall–Kier alpha value is -7.32. The average molecular weight is 1010 g/mol. The van der Waals surface area contributed by atoms with E-state index in [1.807, 2.05) is 0 Å². The number of rotatable bonds is 27. The molecule has 6 N–H and O–H groups in total. The Kier molecular flexibility index (Phi) is 22.2. The highest BCUT2D eigenvalue weighted by molar-refractivity contribution is 6.00. The van der Waals surface area contributed by atoms with Crippen LogP contribution in [0.2, 0.25) is 0 Å². The van der Waals surface area contributed by atoms with Crippen molar-refractivity contribution in [3.8, 4) is 51.7 Å². The summed E-state index contributed by atoms with van der Waals surface area (Å²) in [6, 6.07) is 2.80. The van der Waals surface area contributed by atoms with E-state index in [1.54, 1.807) is 18.2 Å². The lowest BCUT2D eigenvalue weighted by Gasteiger charge is -2.36. The van der Waals surface area contributed by atoms with E-state index < -0.39 is 35.8 Å². The van der Waals surface area contributed by atoms with E-state index in [0.717, 1.165) is 0 Å². The molecule has 3 aromatic carbocycles. The number of ether oxygens (including phenoxy) is 9. The summed E-state index contributed by atoms with van der Waals surface area (Å²) < 4.78 is 51.4. The Labute approximate surface area is 421 Å². The minimum atomic E-state index is -0.637. The molecule has 0 radical (unpaired) electrons. The van der Waals surface area contributed by atoms with E-state index in [2.05, 4.69) is 31.9 Å². The van der Waals surface area contributed by atoms with Gasteiger partial charge < -0.3 is 74.5 Å². The molecule has 0 aromatic heterocycles. The third-order valence-corrected chi connectivity index (χ3v) is 12.2. The first-order valence-electron chi connectivity index (χ1n) is 23.7. The molecular formula is C51H72N6O15. The zero-order valence-corrected chi connectivity index (χ0v) is 43.6. The lowest BCUT2D eigenvalue weighted by Crippen LogP contribution is -2.53. The van der Waals surface area contributed by atoms with Crippen LogP contribution in [0, 0.1) is 0 Å². The van der Waals surface area contributed by atoms with Gasteiger partial charge in [-0.2, -0.15) is 0 Å². The molecular weight excluding hydrogens is 937 g/mol. The summed E-state index contributed by atoms with van der Waals surface area (Å²) in [5.41, 5.74) is 2.27. The third-order valence-electron chi connectivity index (χ3n) is 12.2. The zero-order chi connectivity index (χ0) is 53.1. The van der Waals surface area contributed by atoms with Crippen LogP contribution in [0.3, 0.4) is 0 Å². The smallest absolute Gasteiger partial charge is 0.252 e. The minimum Gasteiger partial charge on any atom is -0.493 e. The van der Waals surface area contributed by atoms with Crippen molar-refractivity contribution in [2.24, 2.45) is 0 Å². The molecule has 0 atom stereocenters. The highest BCUT2D eigenvalue weighted by Gasteiger charge is 2.36. The van der Waals surface area contributed by atoms with Crippen molar-refractivity contribution in [3.05, 3.63) is 51.6 Å². The maximum atomic E-state index is 14.7. The molecule has 4 rings (SSSR count). The largest absolute Gasteiger partial charge is 0.493 e. The Bertz CT molecular complexity index is 2140. The fourth-order valence-electron chi connectivity index (χ4n) is 9.05. The zero-order valence-electron chi connectivity index (χ0n) is 43.6. The van der Waals surface area contributed by atoms with Crippen molar-refractivity contribution in [2.75, 3.05) is 83.6 Å². The van der Waals surface area contributed by atoms with Crippen molar-refractivity contribution in [3.63, 3.8) is 0 Å². The second-order valence-corrected chi connectivity index (χ2v) is 17.0. The lowest BCUT2D eigenvalue weighted by atomic mass is 9.85. The summed E-state index contributed by atoms with van der Waals surface area (Å²) in [4.78, 5) is 79.2. The molecule has 0 aliphatic heterocycles. The number of amides is 6. The number of hydrogen-bond acceptors (Lipinski definition) is 15. The van der Waals surface area contributed by atoms with Crippen LogP contribution in [-0.2, 0) is 33.6 Å². The average Bonchev–Trinajstić information content (AvgIpc) is 3.35. The first-order valence-corrected chi connectivity index (χ1v) is 23.7. The van der Waals surface area contributed by atoms with E-state index in [4.69, 9.17) is 42.6 Å². The predicted octanol–water partition coefficient (Wildman–Crippen LogP) is 3.85. The maximum absolute atomic E-state index is 14.7. The van der Waals surface area contributed by atoms with Crippen LogP contribution in [-0.4, -0.2) is 137 Å². The monoisotopic (exact) mass is 1010 g/mol. The van der Waals surface area contributed by atoms with Crippen molar-refractivity contribution < 1.29 is 71.4 Å². The van der Waals surface area contributed by atoms with Crippen molar-refractivity contribution >= 4 is 35.4 Å². The van der Waals surface area contributed by atoms with E-state index >= 15 is 0 Å². The number of hydrogen-bond donors (Lipinski definition) is 6. The molecule has 0 unspecified atom stereocenters. The first kappa shape index (κ1) is 57.3. The summed E-state index contributed by atoms with van der Waals surface area (Å²) in [7, 11) is 13.1. The third kappa shape index (κ3) is 14.6. The van der Waals surface area contributed by atoms with Crippen LogP contribution < -0.4 is 74.5 Å². The molecule has 21 heteroatoms. The molecule has 0 bridgehead atoms. The van der Waals surface area contributed by atoms with Gasteiger partial charge in [0.1, 0.15) is 0 Å². The maximum Gasteiger partial charge on any atom is 0.252 e. The van der Waals surface area contributed by atoms with Gasteiger partial charge in [-0.15, -0.1) is 0 Å². The summed E-state index contributed by atoms with van der Waals surface area (Å²) in [5, 5.41) is 17.9. The molecule has 1 aliphatic carbocycles. The van der Waals surface area contributed by atoms with Crippen LogP contribution in [0.1, 0.15) is 107 Å². The molecule has 72 heavy (non-hydrogen) atoms. The van der Waals surface area contributed by atoms with Gasteiger partial charge >= 0.3 is 0 Å². The van der Waals surface area contributed by atoms with Crippen molar-refractivity contribution in [1.82, 2.24) is 31.9 Å². The van der Waals surface area contributed by atoms with Crippen LogP contribution in [0.5, 0.6) is 51.7 Å². The second-order valence-electron chi connectivity index (χ2n) is 17.0. The number of methoxy groups -OCH3 is 9. The summed E-state index contributed by atoms with van der Waals surface area (Å²) in [6.07, 6.45) is 3.07. The molecule has 1 saturated carbocycles. The van der Waals surface area contributed by atoms with Crippen LogP contribution in [0.25, 0.3) is 0 Å². The molecule has 21 nitrogen and oxygen atoms in total. The van der Waals surface area contributed by atoms with E-state index in [0.29, 0.717) is 92.1 Å². The van der Waals surface area contributed by atoms with Crippen LogP contribution >= 0.6 is 0 Å². The Morgan fingerprint density at radius 3 is 0.819 bits per heavy atom. The highest BCUT2D eigenvalue weighted by atomic mass is 16.5. The van der Waals surface area contributed by atoms with Gasteiger partial charge in [-0.1, -0.05) is 0 Å². The summed E-state index contributed by atoms with van der Waals surface area (Å²) in [5.74, 6) is 0.459. The van der Waals surface area contributed by atoms with Gasteiger partial charge in [0.25, 0.3) is 17.7 Å². The molecule has 3 aromatic rings. The Morgan fingerprint density at radius 2 is 0.625 bits per heavy atom. The first-order chi connectivity index (χ1) is 34.5. The van der Waals surface area contributed by atoms with Crippen LogP contribution in [0.15, 0.2) is 18.2 Å². The van der Waals surface area contributed by atoms with Crippen molar-refractivity contribution in [1.29, 1.82) is 0 Å². The molecule has 1 fully saturated rings. The predicted molar refractivity (Wildman–Crippen MR) is 267 cm³/mol. The highest BCUT2D eigenvalue weighted by Crippen LogP contribution is 2.45. The summed E-state index contributed by atoms with van der Waals surface area (Å²) in [6.45, 7) is 5.28. The fourth-order valence-corrected chi connectivity index (χ4v) is 9.05. The Morgan fingerprint density at radius 1 is 0.389 bits per heavy atom. The van der Waals surface area contributed by atoms with Gasteiger partial charge in [0.05, 0.1) is 80.7 Å². The van der Waals surface area contributed by atoms with Crippen molar-refractivity contribution in [2.45, 2.75) is 96.7 Å². The second kappa shape index (κ2) is 27.9. The van der Waals surface area contributed by atoms with E-state index in [9.17, 15) is 28.8 Å². The quantitative estimate of drug-likeness (QED) is 0.0593. The van der Waals surface area contributed by atoms with Gasteiger partial charge in [-0.05, 0) is 76.0 Å². The van der Waals surface area contributed by atoms with Gasteiger partial charge in [0.2, 0.25) is 35.0 Å². The summed E-state index contributed by atoms with van der Waals surface area (Å²) >= 11 is 0. The molecule has 0 heterocycles. The van der Waals surface area contributed by atoms with Gasteiger partial charge in [-0.3, -0.25) is 28.8 Å². The van der Waals surface area contributed by atoms with E-state index in [1.165, 1.54) is 84.8 Å². The minimum absolute atomic E-state index is 0.195. The lowest BCUT2D eigenvalue weighted by molar-refractivity contribution is -0.119. The molecule has 0 spiro atoms. The molecule has 1 aliphatic rings. The van der Waals surface area contributed by atoms with Gasteiger partial charge in [0.15, 0.2) is 34.5 Å². The fraction of sp³-hybridized carbons (Fsp3) is 0.529. The topological polar surface area (TPSA) is 258 Å². The number of carbonyl (C=O) groups is 6. The van der Waals surface area contributed by atoms with Gasteiger partial charge in [0, 0.05) is 75.2 Å².